The maximum absolute atomic E-state index is 15.1. The van der Waals surface area contributed by atoms with Gasteiger partial charge in [0.05, 0.1) is 24.4 Å². The van der Waals surface area contributed by atoms with Crippen molar-refractivity contribution in [3.05, 3.63) is 48.1 Å². The molecule has 1 aliphatic carbocycles. The monoisotopic (exact) mass is 492 g/mol. The van der Waals surface area contributed by atoms with E-state index in [0.29, 0.717) is 41.6 Å². The molecule has 1 aliphatic rings. The van der Waals surface area contributed by atoms with Gasteiger partial charge in [-0.3, -0.25) is 9.50 Å². The van der Waals surface area contributed by atoms with Gasteiger partial charge in [-0.25, -0.2) is 24.1 Å². The number of carbonyl (C=O) groups excluding carboxylic acids is 1. The van der Waals surface area contributed by atoms with Gasteiger partial charge in [-0.15, -0.1) is 0 Å². The lowest BCUT2D eigenvalue weighted by atomic mass is 10.0. The van der Waals surface area contributed by atoms with E-state index in [1.54, 1.807) is 33.8 Å². The minimum Gasteiger partial charge on any atom is -0.443 e. The van der Waals surface area contributed by atoms with Crippen LogP contribution in [0.2, 0.25) is 0 Å². The number of alkyl halides is 1. The lowest BCUT2D eigenvalue weighted by molar-refractivity contribution is 0.0555. The van der Waals surface area contributed by atoms with Gasteiger partial charge in [-0.1, -0.05) is 0 Å². The molecule has 186 valence electrons. The van der Waals surface area contributed by atoms with Crippen LogP contribution in [0.4, 0.5) is 21.0 Å². The highest BCUT2D eigenvalue weighted by atomic mass is 19.1. The van der Waals surface area contributed by atoms with Crippen molar-refractivity contribution in [3.8, 4) is 11.8 Å². The van der Waals surface area contributed by atoms with Crippen LogP contribution in [0.1, 0.15) is 49.7 Å². The van der Waals surface area contributed by atoms with Crippen molar-refractivity contribution >= 4 is 23.5 Å². The van der Waals surface area contributed by atoms with Crippen LogP contribution >= 0.6 is 0 Å². The number of aryl methyl sites for hydroxylation is 1. The topological polar surface area (TPSA) is 151 Å². The van der Waals surface area contributed by atoms with E-state index in [2.05, 4.69) is 35.8 Å². The summed E-state index contributed by atoms with van der Waals surface area (Å²) in [6.45, 7) is 5.49. The van der Waals surface area contributed by atoms with E-state index in [9.17, 15) is 10.1 Å². The van der Waals surface area contributed by atoms with Gasteiger partial charge in [0, 0.05) is 29.9 Å². The molecular formula is C23H25FN10O2. The van der Waals surface area contributed by atoms with Crippen LogP contribution < -0.4 is 10.6 Å². The molecule has 12 nitrogen and oxygen atoms in total. The second kappa shape index (κ2) is 9.29. The molecule has 0 spiro atoms. The molecule has 36 heavy (non-hydrogen) atoms. The van der Waals surface area contributed by atoms with Gasteiger partial charge < -0.3 is 19.9 Å². The number of aromatic nitrogens is 7. The average molecular weight is 493 g/mol. The van der Waals surface area contributed by atoms with Crippen molar-refractivity contribution in [2.75, 3.05) is 5.32 Å². The fourth-order valence-electron chi connectivity index (χ4n) is 4.33. The van der Waals surface area contributed by atoms with Crippen LogP contribution in [0, 0.1) is 18.3 Å². The second-order valence-electron chi connectivity index (χ2n) is 9.03. The molecule has 0 unspecified atom stereocenters. The van der Waals surface area contributed by atoms with E-state index in [0.717, 1.165) is 5.69 Å². The van der Waals surface area contributed by atoms with Gasteiger partial charge in [0.1, 0.15) is 24.0 Å². The zero-order valence-corrected chi connectivity index (χ0v) is 19.9. The summed E-state index contributed by atoms with van der Waals surface area (Å²) < 4.78 is 23.8. The SMILES string of the molecule is Cc1cn(-c2cnc(Nc3cc([C@H]4CC[C@@H](OC(=O)NC(C)C)[C@H]4F)[nH]n3)n3cc(C#N)nc23)cn1. The molecular weight excluding hydrogens is 467 g/mol. The van der Waals surface area contributed by atoms with Gasteiger partial charge in [-0.05, 0) is 33.6 Å². The third-order valence-corrected chi connectivity index (χ3v) is 5.98. The number of nitriles is 1. The van der Waals surface area contributed by atoms with E-state index in [-0.39, 0.29) is 11.7 Å². The molecule has 13 heteroatoms. The van der Waals surface area contributed by atoms with Crippen molar-refractivity contribution in [2.24, 2.45) is 0 Å². The molecule has 4 aromatic heterocycles. The summed E-state index contributed by atoms with van der Waals surface area (Å²) >= 11 is 0. The molecule has 1 amide bonds. The first kappa shape index (κ1) is 23.3. The molecule has 1 fully saturated rings. The standard InChI is InChI=1S/C23H25FN10O2/c1-12(2)28-23(35)36-18-5-4-15(20(18)24)16-6-19(32-31-16)30-22-26-8-17(33-9-13(3)27-11-33)21-29-14(7-25)10-34(21)22/h6,8-12,15,18,20H,4-5H2,1-3H3,(H,28,35)(H2,26,30,31,32)/t15-,18-,20+/m1/s1. The van der Waals surface area contributed by atoms with Gasteiger partial charge in [-0.2, -0.15) is 10.4 Å². The normalized spacial score (nSPS) is 19.5. The predicted octanol–water partition coefficient (Wildman–Crippen LogP) is 3.28. The minimum atomic E-state index is -1.36. The number of fused-ring (bicyclic) bond motifs is 1. The highest BCUT2D eigenvalue weighted by Gasteiger charge is 2.41. The number of H-pyrrole nitrogens is 1. The largest absolute Gasteiger partial charge is 0.443 e. The number of aromatic amines is 1. The number of nitrogens with one attached hydrogen (secondary N) is 3. The zero-order chi connectivity index (χ0) is 25.4. The van der Waals surface area contributed by atoms with Crippen molar-refractivity contribution in [1.29, 1.82) is 5.26 Å². The van der Waals surface area contributed by atoms with Crippen molar-refractivity contribution in [1.82, 2.24) is 39.4 Å². The third-order valence-electron chi connectivity index (χ3n) is 5.98. The second-order valence-corrected chi connectivity index (χ2v) is 9.03. The van der Waals surface area contributed by atoms with Gasteiger partial charge in [0.2, 0.25) is 5.95 Å². The molecule has 0 aromatic carbocycles. The molecule has 0 radical (unpaired) electrons. The Balaban J connectivity index is 1.35. The summed E-state index contributed by atoms with van der Waals surface area (Å²) in [4.78, 5) is 25.0. The summed E-state index contributed by atoms with van der Waals surface area (Å²) in [5.74, 6) is 0.321. The fourth-order valence-corrected chi connectivity index (χ4v) is 4.33. The van der Waals surface area contributed by atoms with E-state index >= 15 is 4.39 Å². The molecule has 5 rings (SSSR count). The quantitative estimate of drug-likeness (QED) is 0.371. The number of hydrogen-bond acceptors (Lipinski definition) is 8. The van der Waals surface area contributed by atoms with Crippen LogP contribution in [-0.4, -0.2) is 58.5 Å². The number of hydrogen-bond donors (Lipinski definition) is 3. The maximum atomic E-state index is 15.1. The van der Waals surface area contributed by atoms with Gasteiger partial charge in [0.15, 0.2) is 17.2 Å². The molecule has 4 heterocycles. The molecule has 1 saturated carbocycles. The number of alkyl carbamates (subject to hydrolysis) is 1. The van der Waals surface area contributed by atoms with Crippen LogP contribution in [0.5, 0.6) is 0 Å². The number of ether oxygens (including phenoxy) is 1. The number of carbonyl (C=O) groups is 1. The highest BCUT2D eigenvalue weighted by Crippen LogP contribution is 2.38. The van der Waals surface area contributed by atoms with E-state index < -0.39 is 24.3 Å². The molecule has 0 aliphatic heterocycles. The van der Waals surface area contributed by atoms with Crippen LogP contribution in [0.15, 0.2) is 31.0 Å². The maximum Gasteiger partial charge on any atom is 0.407 e. The summed E-state index contributed by atoms with van der Waals surface area (Å²) in [6, 6.07) is 3.66. The molecule has 0 bridgehead atoms. The minimum absolute atomic E-state index is 0.0908. The predicted molar refractivity (Wildman–Crippen MR) is 127 cm³/mol. The molecule has 4 aromatic rings. The summed E-state index contributed by atoms with van der Waals surface area (Å²) in [5, 5.41) is 22.2. The first-order chi connectivity index (χ1) is 17.3. The van der Waals surface area contributed by atoms with Crippen LogP contribution in [0.3, 0.4) is 0 Å². The van der Waals surface area contributed by atoms with Crippen LogP contribution in [0.25, 0.3) is 11.3 Å². The Morgan fingerprint density at radius 1 is 1.33 bits per heavy atom. The Morgan fingerprint density at radius 2 is 2.17 bits per heavy atom. The van der Waals surface area contributed by atoms with Gasteiger partial charge in [0.25, 0.3) is 0 Å². The summed E-state index contributed by atoms with van der Waals surface area (Å²) in [5.41, 5.74) is 2.81. The Bertz CT molecular complexity index is 1450. The molecule has 3 N–H and O–H groups in total. The zero-order valence-electron chi connectivity index (χ0n) is 19.9. The van der Waals surface area contributed by atoms with E-state index in [1.165, 1.54) is 0 Å². The summed E-state index contributed by atoms with van der Waals surface area (Å²) in [7, 11) is 0. The summed E-state index contributed by atoms with van der Waals surface area (Å²) in [6.07, 6.45) is 4.83. The Kier molecular flexibility index (Phi) is 6.01. The molecule has 0 saturated heterocycles. The number of halogens is 1. The van der Waals surface area contributed by atoms with E-state index in [1.807, 2.05) is 33.0 Å². The Labute approximate surface area is 205 Å². The number of amides is 1. The van der Waals surface area contributed by atoms with Gasteiger partial charge >= 0.3 is 6.09 Å². The fraction of sp³-hybridized carbons (Fsp3) is 0.391. The van der Waals surface area contributed by atoms with Crippen molar-refractivity contribution in [2.45, 2.75) is 57.8 Å². The Hall–Kier alpha value is -4.47. The highest BCUT2D eigenvalue weighted by molar-refractivity contribution is 5.68. The number of anilines is 2. The Morgan fingerprint density at radius 3 is 2.89 bits per heavy atom. The van der Waals surface area contributed by atoms with Crippen LogP contribution in [-0.2, 0) is 4.74 Å². The first-order valence-electron chi connectivity index (χ1n) is 11.5. The number of nitrogens with zero attached hydrogens (tertiary/aromatic N) is 7. The number of rotatable bonds is 6. The number of imidazole rings is 2. The smallest absolute Gasteiger partial charge is 0.407 e. The van der Waals surface area contributed by atoms with Crippen molar-refractivity contribution < 1.29 is 13.9 Å². The first-order valence-corrected chi connectivity index (χ1v) is 11.5. The van der Waals surface area contributed by atoms with Crippen molar-refractivity contribution in [3.63, 3.8) is 0 Å². The third kappa shape index (κ3) is 4.45. The average Bonchev–Trinajstić information content (AvgIpc) is 3.62. The lowest BCUT2D eigenvalue weighted by Gasteiger charge is -2.18. The van der Waals surface area contributed by atoms with E-state index in [4.69, 9.17) is 4.74 Å². The lowest BCUT2D eigenvalue weighted by Crippen LogP contribution is -2.36. The molecule has 3 atom stereocenters.